The molecule has 0 spiro atoms. The molecule has 0 aliphatic carbocycles. The Morgan fingerprint density at radius 1 is 1.13 bits per heavy atom. The third kappa shape index (κ3) is 3.62. The summed E-state index contributed by atoms with van der Waals surface area (Å²) >= 11 is 1.57. The molecular formula is C21H15FN6OS. The second-order valence-corrected chi connectivity index (χ2v) is 7.63. The lowest BCUT2D eigenvalue weighted by atomic mass is 10.2. The van der Waals surface area contributed by atoms with Gasteiger partial charge in [0.15, 0.2) is 5.65 Å². The number of carbonyl (C=O) groups is 1. The molecule has 0 bridgehead atoms. The first-order valence-electron chi connectivity index (χ1n) is 9.11. The molecule has 0 atom stereocenters. The molecule has 3 N–H and O–H groups in total. The first-order valence-corrected chi connectivity index (χ1v) is 10.1. The summed E-state index contributed by atoms with van der Waals surface area (Å²) in [4.78, 5) is 24.1. The van der Waals surface area contributed by atoms with Crippen LogP contribution < -0.4 is 5.32 Å². The van der Waals surface area contributed by atoms with Gasteiger partial charge in [-0.3, -0.25) is 9.89 Å². The molecule has 0 unspecified atom stereocenters. The Labute approximate surface area is 174 Å². The standard InChI is InChI=1S/C21H15FN6OS/c22-14-4-5-17-13(7-14)8-18(27-17)20(29)26-15-3-1-2-12(6-15)10-30-21-16-9-25-28-19(16)23-11-24-21/h1-9,11,27H,10H2,(H,26,29)(H,23,24,25,28). The molecule has 0 aliphatic rings. The maximum Gasteiger partial charge on any atom is 0.272 e. The van der Waals surface area contributed by atoms with Crippen LogP contribution in [-0.2, 0) is 5.75 Å². The Morgan fingerprint density at radius 2 is 2.07 bits per heavy atom. The van der Waals surface area contributed by atoms with E-state index in [4.69, 9.17) is 0 Å². The number of halogens is 1. The van der Waals surface area contributed by atoms with Crippen LogP contribution >= 0.6 is 11.8 Å². The molecule has 3 heterocycles. The van der Waals surface area contributed by atoms with Gasteiger partial charge in [-0.25, -0.2) is 14.4 Å². The number of benzene rings is 2. The summed E-state index contributed by atoms with van der Waals surface area (Å²) in [5, 5.41) is 12.1. The summed E-state index contributed by atoms with van der Waals surface area (Å²) in [6.07, 6.45) is 3.21. The molecule has 1 amide bonds. The Balaban J connectivity index is 1.30. The lowest BCUT2D eigenvalue weighted by molar-refractivity contribution is 0.102. The van der Waals surface area contributed by atoms with Crippen molar-refractivity contribution in [3.8, 4) is 0 Å². The monoisotopic (exact) mass is 418 g/mol. The molecule has 148 valence electrons. The van der Waals surface area contributed by atoms with Crippen molar-refractivity contribution < 1.29 is 9.18 Å². The largest absolute Gasteiger partial charge is 0.351 e. The highest BCUT2D eigenvalue weighted by molar-refractivity contribution is 7.98. The Morgan fingerprint density at radius 3 is 3.00 bits per heavy atom. The lowest BCUT2D eigenvalue weighted by Crippen LogP contribution is -2.12. The molecule has 0 saturated carbocycles. The van der Waals surface area contributed by atoms with Gasteiger partial charge in [0.1, 0.15) is 22.9 Å². The number of nitrogens with one attached hydrogen (secondary N) is 3. The molecule has 3 aromatic heterocycles. The summed E-state index contributed by atoms with van der Waals surface area (Å²) in [6.45, 7) is 0. The van der Waals surface area contributed by atoms with Crippen molar-refractivity contribution in [1.29, 1.82) is 0 Å². The smallest absolute Gasteiger partial charge is 0.272 e. The number of anilines is 1. The summed E-state index contributed by atoms with van der Waals surface area (Å²) in [5.41, 5.74) is 3.50. The van der Waals surface area contributed by atoms with Crippen molar-refractivity contribution in [3.05, 3.63) is 78.1 Å². The first-order chi connectivity index (χ1) is 14.7. The highest BCUT2D eigenvalue weighted by Crippen LogP contribution is 2.27. The van der Waals surface area contributed by atoms with Crippen LogP contribution in [0.5, 0.6) is 0 Å². The summed E-state index contributed by atoms with van der Waals surface area (Å²) < 4.78 is 13.4. The zero-order valence-electron chi connectivity index (χ0n) is 15.5. The fourth-order valence-corrected chi connectivity index (χ4v) is 4.08. The van der Waals surface area contributed by atoms with E-state index in [1.165, 1.54) is 18.5 Å². The molecule has 7 nitrogen and oxygen atoms in total. The number of hydrogen-bond donors (Lipinski definition) is 3. The van der Waals surface area contributed by atoms with Crippen LogP contribution in [0.3, 0.4) is 0 Å². The molecule has 0 fully saturated rings. The second-order valence-electron chi connectivity index (χ2n) is 6.67. The van der Waals surface area contributed by atoms with Gasteiger partial charge < -0.3 is 10.3 Å². The van der Waals surface area contributed by atoms with Crippen molar-refractivity contribution in [1.82, 2.24) is 25.1 Å². The molecular weight excluding hydrogens is 403 g/mol. The zero-order chi connectivity index (χ0) is 20.5. The van der Waals surface area contributed by atoms with E-state index in [2.05, 4.69) is 30.5 Å². The van der Waals surface area contributed by atoms with Gasteiger partial charge >= 0.3 is 0 Å². The normalized spacial score (nSPS) is 11.2. The Kier molecular flexibility index (Phi) is 4.64. The fraction of sp³-hybridized carbons (Fsp3) is 0.0476. The number of thioether (sulfide) groups is 1. The number of aromatic nitrogens is 5. The van der Waals surface area contributed by atoms with Crippen molar-refractivity contribution in [2.45, 2.75) is 10.8 Å². The molecule has 0 radical (unpaired) electrons. The maximum atomic E-state index is 13.4. The van der Waals surface area contributed by atoms with Gasteiger partial charge in [0.2, 0.25) is 0 Å². The zero-order valence-corrected chi connectivity index (χ0v) is 16.3. The van der Waals surface area contributed by atoms with Crippen LogP contribution in [0.1, 0.15) is 16.1 Å². The van der Waals surface area contributed by atoms with E-state index in [1.54, 1.807) is 30.1 Å². The predicted molar refractivity (Wildman–Crippen MR) is 114 cm³/mol. The Hall–Kier alpha value is -3.72. The van der Waals surface area contributed by atoms with Gasteiger partial charge in [0.05, 0.1) is 11.6 Å². The van der Waals surface area contributed by atoms with Crippen LogP contribution in [0.25, 0.3) is 21.9 Å². The number of amides is 1. The van der Waals surface area contributed by atoms with Crippen LogP contribution in [0.2, 0.25) is 0 Å². The van der Waals surface area contributed by atoms with E-state index in [0.717, 1.165) is 16.0 Å². The number of carbonyl (C=O) groups excluding carboxylic acids is 1. The van der Waals surface area contributed by atoms with Gasteiger partial charge in [-0.15, -0.1) is 11.8 Å². The number of hydrogen-bond acceptors (Lipinski definition) is 5. The molecule has 0 saturated heterocycles. The topological polar surface area (TPSA) is 99.3 Å². The number of H-pyrrole nitrogens is 2. The Bertz CT molecular complexity index is 1380. The highest BCUT2D eigenvalue weighted by Gasteiger charge is 2.11. The second kappa shape index (κ2) is 7.60. The van der Waals surface area contributed by atoms with Gasteiger partial charge in [-0.1, -0.05) is 12.1 Å². The SMILES string of the molecule is O=C(Nc1cccc(CSc2ncnc3[nH]ncc23)c1)c1cc2cc(F)ccc2[nH]1. The van der Waals surface area contributed by atoms with Crippen LogP contribution in [0, 0.1) is 5.82 Å². The predicted octanol–water partition coefficient (Wildman–Crippen LogP) is 4.52. The lowest BCUT2D eigenvalue weighted by Gasteiger charge is -2.07. The van der Waals surface area contributed by atoms with E-state index >= 15 is 0 Å². The summed E-state index contributed by atoms with van der Waals surface area (Å²) in [7, 11) is 0. The quantitative estimate of drug-likeness (QED) is 0.288. The molecule has 5 aromatic rings. The number of rotatable bonds is 5. The van der Waals surface area contributed by atoms with E-state index in [9.17, 15) is 9.18 Å². The van der Waals surface area contributed by atoms with Crippen LogP contribution in [-0.4, -0.2) is 31.1 Å². The van der Waals surface area contributed by atoms with Crippen LogP contribution in [0.4, 0.5) is 10.1 Å². The fourth-order valence-electron chi connectivity index (χ4n) is 3.17. The number of fused-ring (bicyclic) bond motifs is 2. The minimum absolute atomic E-state index is 0.285. The number of aromatic amines is 2. The average Bonchev–Trinajstić information content (AvgIpc) is 3.39. The van der Waals surface area contributed by atoms with Crippen molar-refractivity contribution in [3.63, 3.8) is 0 Å². The van der Waals surface area contributed by atoms with Gasteiger partial charge in [0, 0.05) is 22.3 Å². The van der Waals surface area contributed by atoms with Crippen LogP contribution in [0.15, 0.2) is 66.1 Å². The van der Waals surface area contributed by atoms with Gasteiger partial charge in [-0.2, -0.15) is 5.10 Å². The third-order valence-electron chi connectivity index (χ3n) is 4.60. The minimum atomic E-state index is -0.338. The van der Waals surface area contributed by atoms with Crippen molar-refractivity contribution >= 4 is 45.3 Å². The molecule has 9 heteroatoms. The summed E-state index contributed by atoms with van der Waals surface area (Å²) in [5.74, 6) is 0.0505. The van der Waals surface area contributed by atoms with E-state index in [-0.39, 0.29) is 11.7 Å². The molecule has 5 rings (SSSR count). The molecule has 2 aromatic carbocycles. The van der Waals surface area contributed by atoms with Gasteiger partial charge in [-0.05, 0) is 42.0 Å². The third-order valence-corrected chi connectivity index (χ3v) is 5.68. The highest BCUT2D eigenvalue weighted by atomic mass is 32.2. The molecule has 0 aliphatic heterocycles. The average molecular weight is 418 g/mol. The minimum Gasteiger partial charge on any atom is -0.351 e. The summed E-state index contributed by atoms with van der Waals surface area (Å²) in [6, 6.07) is 13.6. The number of nitrogens with zero attached hydrogens (tertiary/aromatic N) is 3. The maximum absolute atomic E-state index is 13.4. The van der Waals surface area contributed by atoms with E-state index in [1.807, 2.05) is 24.3 Å². The van der Waals surface area contributed by atoms with E-state index in [0.29, 0.717) is 33.7 Å². The molecule has 30 heavy (non-hydrogen) atoms. The van der Waals surface area contributed by atoms with Gasteiger partial charge in [0.25, 0.3) is 5.91 Å². The van der Waals surface area contributed by atoms with Crippen molar-refractivity contribution in [2.75, 3.05) is 5.32 Å². The van der Waals surface area contributed by atoms with E-state index < -0.39 is 0 Å². The first kappa shape index (κ1) is 18.3. The van der Waals surface area contributed by atoms with Crippen molar-refractivity contribution in [2.24, 2.45) is 0 Å².